The Kier molecular flexibility index (Phi) is 8.15. The van der Waals surface area contributed by atoms with E-state index in [0.29, 0.717) is 11.2 Å². The average molecular weight is 586 g/mol. The van der Waals surface area contributed by atoms with Crippen molar-refractivity contribution < 1.29 is 39.1 Å². The Bertz CT molecular complexity index is 1340. The van der Waals surface area contributed by atoms with Crippen molar-refractivity contribution in [2.45, 2.75) is 68.0 Å². The van der Waals surface area contributed by atoms with Gasteiger partial charge < -0.3 is 39.9 Å². The smallest absolute Gasteiger partial charge is 0.359 e. The van der Waals surface area contributed by atoms with Crippen LogP contribution in [0.15, 0.2) is 24.7 Å². The Morgan fingerprint density at radius 2 is 1.90 bits per heavy atom. The van der Waals surface area contributed by atoms with Crippen LogP contribution in [0.1, 0.15) is 37.7 Å². The van der Waals surface area contributed by atoms with Crippen LogP contribution in [0, 0.1) is 0 Å². The second-order valence-corrected chi connectivity index (χ2v) is 11.9. The first-order valence-electron chi connectivity index (χ1n) is 12.4. The Morgan fingerprint density at radius 3 is 2.56 bits per heavy atom. The lowest BCUT2D eigenvalue weighted by Crippen LogP contribution is -2.43. The van der Waals surface area contributed by atoms with E-state index in [1.807, 2.05) is 0 Å². The number of ether oxygens (including phenoxy) is 2. The number of aliphatic hydroxyl groups is 3. The highest BCUT2D eigenvalue weighted by molar-refractivity contribution is 7.53. The largest absolute Gasteiger partial charge is 0.393 e. The summed E-state index contributed by atoms with van der Waals surface area (Å²) >= 11 is 6.18. The lowest BCUT2D eigenvalue weighted by Gasteiger charge is -2.33. The molecule has 1 saturated heterocycles. The fourth-order valence-electron chi connectivity index (χ4n) is 4.87. The first-order valence-corrected chi connectivity index (χ1v) is 14.4. The minimum absolute atomic E-state index is 0.0299. The summed E-state index contributed by atoms with van der Waals surface area (Å²) in [6.07, 6.45) is 2.47. The second kappa shape index (κ2) is 11.3. The molecule has 5 atom stereocenters. The van der Waals surface area contributed by atoms with Gasteiger partial charge in [0, 0.05) is 18.4 Å². The van der Waals surface area contributed by atoms with Crippen molar-refractivity contribution in [3.05, 3.63) is 35.8 Å². The molecular weight excluding hydrogens is 557 g/mol. The Morgan fingerprint density at radius 1 is 1.18 bits per heavy atom. The number of nitrogens with one attached hydrogen (secondary N) is 1. The fourth-order valence-corrected chi connectivity index (χ4v) is 5.80. The maximum atomic E-state index is 12.4. The van der Waals surface area contributed by atoms with Gasteiger partial charge in [0.15, 0.2) is 17.2 Å². The molecule has 0 radical (unpaired) electrons. The third-order valence-corrected chi connectivity index (χ3v) is 8.71. The summed E-state index contributed by atoms with van der Waals surface area (Å²) in [7, 11) is -5.09. The molecule has 5 rings (SSSR count). The second-order valence-electron chi connectivity index (χ2n) is 9.64. The summed E-state index contributed by atoms with van der Waals surface area (Å²) in [4.78, 5) is 36.5. The molecule has 2 fully saturated rings. The highest BCUT2D eigenvalue weighted by Crippen LogP contribution is 2.53. The van der Waals surface area contributed by atoms with Crippen LogP contribution in [0.4, 0.5) is 5.82 Å². The molecule has 1 saturated carbocycles. The first kappa shape index (κ1) is 28.2. The lowest BCUT2D eigenvalue weighted by molar-refractivity contribution is -0.109. The fraction of sp³-hybridized carbons (Fsp3) is 0.591. The zero-order valence-electron chi connectivity index (χ0n) is 20.6. The summed E-state index contributed by atoms with van der Waals surface area (Å²) in [5.41, 5.74) is 0.259. The van der Waals surface area contributed by atoms with Crippen molar-refractivity contribution in [1.29, 1.82) is 0 Å². The van der Waals surface area contributed by atoms with E-state index in [2.05, 4.69) is 30.4 Å². The van der Waals surface area contributed by atoms with E-state index >= 15 is 0 Å². The average Bonchev–Trinajstić information content (AvgIpc) is 3.63. The third kappa shape index (κ3) is 5.64. The molecular formula is C22H29ClN7O8P. The van der Waals surface area contributed by atoms with E-state index in [1.165, 1.54) is 29.3 Å². The molecule has 39 heavy (non-hydrogen) atoms. The van der Waals surface area contributed by atoms with Gasteiger partial charge in [0.05, 0.1) is 31.2 Å². The van der Waals surface area contributed by atoms with Gasteiger partial charge >= 0.3 is 7.60 Å². The Balaban J connectivity index is 1.36. The summed E-state index contributed by atoms with van der Waals surface area (Å²) in [6, 6.07) is 1.76. The van der Waals surface area contributed by atoms with Gasteiger partial charge in [0.25, 0.3) is 0 Å². The monoisotopic (exact) mass is 585 g/mol. The molecule has 212 valence electrons. The molecule has 1 aliphatic heterocycles. The molecule has 15 nitrogen and oxygen atoms in total. The number of rotatable bonds is 10. The van der Waals surface area contributed by atoms with E-state index in [-0.39, 0.29) is 22.8 Å². The minimum atomic E-state index is -5.09. The van der Waals surface area contributed by atoms with Crippen molar-refractivity contribution in [3.63, 3.8) is 0 Å². The van der Waals surface area contributed by atoms with Crippen LogP contribution < -0.4 is 5.32 Å². The molecule has 3 aromatic heterocycles. The number of hydrogen-bond donors (Lipinski definition) is 6. The van der Waals surface area contributed by atoms with E-state index in [1.54, 1.807) is 0 Å². The summed E-state index contributed by atoms with van der Waals surface area (Å²) in [6.45, 7) is -1.66. The highest BCUT2D eigenvalue weighted by Gasteiger charge is 2.51. The number of nitrogens with zero attached hydrogens (tertiary/aromatic N) is 6. The van der Waals surface area contributed by atoms with Gasteiger partial charge in [-0.15, -0.1) is 0 Å². The van der Waals surface area contributed by atoms with Crippen LogP contribution in [0.5, 0.6) is 0 Å². The molecule has 6 N–H and O–H groups in total. The maximum Gasteiger partial charge on any atom is 0.359 e. The van der Waals surface area contributed by atoms with E-state index in [4.69, 9.17) is 21.1 Å². The lowest BCUT2D eigenvalue weighted by atomic mass is 10.1. The number of fused-ring (bicyclic) bond motifs is 1. The van der Waals surface area contributed by atoms with Crippen LogP contribution in [0.2, 0.25) is 5.28 Å². The summed E-state index contributed by atoms with van der Waals surface area (Å²) in [5, 5.41) is 37.2. The Labute approximate surface area is 227 Å². The van der Waals surface area contributed by atoms with Crippen molar-refractivity contribution in [1.82, 2.24) is 29.7 Å². The molecule has 0 aromatic carbocycles. The summed E-state index contributed by atoms with van der Waals surface area (Å²) < 4.78 is 25.0. The number of hydrogen-bond acceptors (Lipinski definition) is 12. The molecule has 3 aromatic rings. The van der Waals surface area contributed by atoms with Crippen LogP contribution in [-0.2, 0) is 20.5 Å². The van der Waals surface area contributed by atoms with E-state index in [9.17, 15) is 29.7 Å². The van der Waals surface area contributed by atoms with E-state index < -0.39 is 57.1 Å². The van der Waals surface area contributed by atoms with E-state index in [0.717, 1.165) is 25.7 Å². The van der Waals surface area contributed by atoms with Gasteiger partial charge in [0.1, 0.15) is 30.0 Å². The molecule has 0 spiro atoms. The maximum absolute atomic E-state index is 12.4. The van der Waals surface area contributed by atoms with Crippen molar-refractivity contribution in [2.75, 3.05) is 18.5 Å². The van der Waals surface area contributed by atoms with Gasteiger partial charge in [-0.2, -0.15) is 15.1 Å². The van der Waals surface area contributed by atoms with Crippen LogP contribution in [0.25, 0.3) is 11.0 Å². The quantitative estimate of drug-likeness (QED) is 0.140. The first-order chi connectivity index (χ1) is 18.6. The topological polar surface area (TPSA) is 218 Å². The predicted octanol–water partition coefficient (Wildman–Crippen LogP) is 0.369. The Hall–Kier alpha value is -2.33. The van der Waals surface area contributed by atoms with Crippen molar-refractivity contribution in [2.24, 2.45) is 0 Å². The van der Waals surface area contributed by atoms with Gasteiger partial charge in [-0.25, -0.2) is 14.6 Å². The normalized spacial score (nSPS) is 25.8. The molecule has 0 unspecified atom stereocenters. The molecule has 17 heteroatoms. The zero-order valence-corrected chi connectivity index (χ0v) is 22.3. The standard InChI is InChI=1S/C22H29ClN7O8P/c23-21-28-18(27-12-4-1-2-5-12)13-9-26-30(19(13)29-21)20-17(33)16(32)14(38-20)10-37-22(11-31,39(34,35)36)8-15-24-6-3-7-25-15/h3,6-7,9,12,14,16-17,20,31-33H,1-2,4-5,8,10-11H2,(H,27,28,29)(H2,34,35,36)/t14-,16-,17-,20-,22-/m1/s1. The van der Waals surface area contributed by atoms with Gasteiger partial charge in [-0.05, 0) is 30.5 Å². The number of aromatic nitrogens is 6. The molecule has 2 aliphatic rings. The number of anilines is 1. The minimum Gasteiger partial charge on any atom is -0.393 e. The van der Waals surface area contributed by atoms with Gasteiger partial charge in [-0.1, -0.05) is 12.8 Å². The van der Waals surface area contributed by atoms with Crippen molar-refractivity contribution >= 4 is 36.0 Å². The van der Waals surface area contributed by atoms with Crippen LogP contribution in [0.3, 0.4) is 0 Å². The third-order valence-electron chi connectivity index (χ3n) is 7.05. The number of aliphatic hydroxyl groups excluding tert-OH is 3. The SMILES string of the molecule is O=P(O)(O)[C@@](CO)(Cc1ncccn1)OC[C@H]1O[C@@H](n2ncc3c(NC4CCCC4)nc(Cl)nc32)[C@H](O)[C@@H]1O. The summed E-state index contributed by atoms with van der Waals surface area (Å²) in [5.74, 6) is 0.524. The van der Waals surface area contributed by atoms with Gasteiger partial charge in [-0.3, -0.25) is 4.57 Å². The van der Waals surface area contributed by atoms with Gasteiger partial charge in [0.2, 0.25) is 5.28 Å². The molecule has 0 amide bonds. The van der Waals surface area contributed by atoms with Crippen LogP contribution >= 0.6 is 19.2 Å². The highest BCUT2D eigenvalue weighted by atomic mass is 35.5. The molecule has 4 heterocycles. The van der Waals surface area contributed by atoms with Crippen LogP contribution in [-0.4, -0.2) is 97.7 Å². The van der Waals surface area contributed by atoms with Crippen molar-refractivity contribution in [3.8, 4) is 0 Å². The molecule has 0 bridgehead atoms. The zero-order chi connectivity index (χ0) is 27.8. The predicted molar refractivity (Wildman–Crippen MR) is 136 cm³/mol. The number of halogens is 1. The molecule has 1 aliphatic carbocycles.